The molecule has 1 aliphatic heterocycles. The Labute approximate surface area is 119 Å². The van der Waals surface area contributed by atoms with Crippen molar-refractivity contribution >= 4 is 11.6 Å². The maximum atomic E-state index is 14.6. The maximum absolute atomic E-state index is 14.6. The van der Waals surface area contributed by atoms with E-state index in [1.54, 1.807) is 6.92 Å². The van der Waals surface area contributed by atoms with Crippen LogP contribution in [0.2, 0.25) is 0 Å². The summed E-state index contributed by atoms with van der Waals surface area (Å²) in [6.07, 6.45) is -1.27. The average Bonchev–Trinajstić information content (AvgIpc) is 2.51. The number of nitrogens with zero attached hydrogens (tertiary/aromatic N) is 1. The van der Waals surface area contributed by atoms with Crippen LogP contribution in [0.25, 0.3) is 0 Å². The summed E-state index contributed by atoms with van der Waals surface area (Å²) in [5.41, 5.74) is -1.36. The van der Waals surface area contributed by atoms with Crippen LogP contribution in [-0.4, -0.2) is 31.5 Å². The number of aliphatic hydroxyl groups is 1. The monoisotopic (exact) mass is 306 g/mol. The van der Waals surface area contributed by atoms with E-state index < -0.39 is 34.3 Å². The first-order valence-electron chi connectivity index (χ1n) is 6.27. The SMILES string of the molecule is CCCC1(F)OC(n2ccc(=O)[nH]c2=O)C(C)(Cl)C1O. The Morgan fingerprint density at radius 3 is 2.80 bits per heavy atom. The molecule has 20 heavy (non-hydrogen) atoms. The van der Waals surface area contributed by atoms with E-state index >= 15 is 0 Å². The molecule has 2 rings (SSSR count). The highest BCUT2D eigenvalue weighted by atomic mass is 35.5. The summed E-state index contributed by atoms with van der Waals surface area (Å²) < 4.78 is 20.8. The van der Waals surface area contributed by atoms with E-state index in [2.05, 4.69) is 0 Å². The van der Waals surface area contributed by atoms with Gasteiger partial charge in [-0.2, -0.15) is 0 Å². The Balaban J connectivity index is 2.47. The number of H-pyrrole nitrogens is 1. The number of aliphatic hydroxyl groups excluding tert-OH is 1. The van der Waals surface area contributed by atoms with E-state index in [0.29, 0.717) is 6.42 Å². The zero-order valence-corrected chi connectivity index (χ0v) is 11.9. The standard InChI is InChI=1S/C12H16ClFN2O4/c1-3-5-12(14)8(18)11(2,13)9(20-12)16-6-4-7(17)15-10(16)19/h4,6,8-9,18H,3,5H2,1-2H3,(H,15,17,19). The van der Waals surface area contributed by atoms with Gasteiger partial charge in [0.25, 0.3) is 5.56 Å². The molecular formula is C12H16ClFN2O4. The molecule has 4 unspecified atom stereocenters. The van der Waals surface area contributed by atoms with Gasteiger partial charge in [-0.05, 0) is 6.92 Å². The lowest BCUT2D eigenvalue weighted by Crippen LogP contribution is -2.44. The van der Waals surface area contributed by atoms with Crippen molar-refractivity contribution in [1.29, 1.82) is 0 Å². The molecule has 1 saturated heterocycles. The first kappa shape index (κ1) is 15.2. The Morgan fingerprint density at radius 2 is 2.25 bits per heavy atom. The van der Waals surface area contributed by atoms with E-state index in [9.17, 15) is 19.1 Å². The van der Waals surface area contributed by atoms with Gasteiger partial charge in [0.1, 0.15) is 11.0 Å². The number of rotatable bonds is 3. The summed E-state index contributed by atoms with van der Waals surface area (Å²) in [6, 6.07) is 1.10. The van der Waals surface area contributed by atoms with E-state index in [-0.39, 0.29) is 6.42 Å². The third-order valence-electron chi connectivity index (χ3n) is 3.43. The lowest BCUT2D eigenvalue weighted by atomic mass is 9.96. The van der Waals surface area contributed by atoms with Gasteiger partial charge in [-0.1, -0.05) is 13.3 Å². The molecule has 1 aliphatic rings. The molecule has 0 aliphatic carbocycles. The second-order valence-electron chi connectivity index (χ2n) is 5.08. The van der Waals surface area contributed by atoms with Gasteiger partial charge in [-0.15, -0.1) is 11.6 Å². The third kappa shape index (κ3) is 2.30. The highest BCUT2D eigenvalue weighted by Crippen LogP contribution is 2.50. The summed E-state index contributed by atoms with van der Waals surface area (Å²) in [5, 5.41) is 10.1. The van der Waals surface area contributed by atoms with Crippen molar-refractivity contribution in [2.45, 2.75) is 49.7 Å². The van der Waals surface area contributed by atoms with E-state index in [4.69, 9.17) is 16.3 Å². The summed E-state index contributed by atoms with van der Waals surface area (Å²) >= 11 is 6.18. The Hall–Kier alpha value is -1.18. The van der Waals surface area contributed by atoms with Crippen molar-refractivity contribution in [1.82, 2.24) is 9.55 Å². The largest absolute Gasteiger partial charge is 0.385 e. The Morgan fingerprint density at radius 1 is 1.60 bits per heavy atom. The highest BCUT2D eigenvalue weighted by molar-refractivity contribution is 6.24. The van der Waals surface area contributed by atoms with E-state index in [1.807, 2.05) is 4.98 Å². The fourth-order valence-electron chi connectivity index (χ4n) is 2.40. The first-order valence-corrected chi connectivity index (χ1v) is 6.65. The minimum absolute atomic E-state index is 0.0505. The van der Waals surface area contributed by atoms with Crippen molar-refractivity contribution < 1.29 is 14.2 Å². The van der Waals surface area contributed by atoms with Crippen molar-refractivity contribution in [3.8, 4) is 0 Å². The van der Waals surface area contributed by atoms with E-state index in [0.717, 1.165) is 16.8 Å². The first-order chi connectivity index (χ1) is 9.22. The van der Waals surface area contributed by atoms with Gasteiger partial charge in [0.05, 0.1) is 0 Å². The Bertz CT molecular complexity index is 614. The van der Waals surface area contributed by atoms with Gasteiger partial charge in [0.2, 0.25) is 5.85 Å². The molecular weight excluding hydrogens is 291 g/mol. The van der Waals surface area contributed by atoms with Crippen LogP contribution < -0.4 is 11.2 Å². The fourth-order valence-corrected chi connectivity index (χ4v) is 2.71. The Kier molecular flexibility index (Phi) is 3.79. The topological polar surface area (TPSA) is 84.3 Å². The maximum Gasteiger partial charge on any atom is 0.330 e. The quantitative estimate of drug-likeness (QED) is 0.812. The van der Waals surface area contributed by atoms with Crippen molar-refractivity contribution in [2.24, 2.45) is 0 Å². The average molecular weight is 307 g/mol. The van der Waals surface area contributed by atoms with Gasteiger partial charge in [-0.3, -0.25) is 14.3 Å². The molecule has 4 atom stereocenters. The molecule has 0 bridgehead atoms. The summed E-state index contributed by atoms with van der Waals surface area (Å²) in [5.74, 6) is -2.33. The molecule has 112 valence electrons. The van der Waals surface area contributed by atoms with Crippen molar-refractivity contribution in [3.05, 3.63) is 33.1 Å². The number of aromatic amines is 1. The third-order valence-corrected chi connectivity index (χ3v) is 3.82. The van der Waals surface area contributed by atoms with Gasteiger partial charge in [-0.25, -0.2) is 9.18 Å². The van der Waals surface area contributed by atoms with Crippen molar-refractivity contribution in [3.63, 3.8) is 0 Å². The molecule has 0 saturated carbocycles. The van der Waals surface area contributed by atoms with Crippen LogP contribution in [-0.2, 0) is 4.74 Å². The van der Waals surface area contributed by atoms with Gasteiger partial charge >= 0.3 is 5.69 Å². The zero-order chi connectivity index (χ0) is 15.1. The molecule has 6 nitrogen and oxygen atoms in total. The number of aromatic nitrogens is 2. The van der Waals surface area contributed by atoms with Gasteiger partial charge < -0.3 is 9.84 Å². The van der Waals surface area contributed by atoms with Crippen molar-refractivity contribution in [2.75, 3.05) is 0 Å². The molecule has 0 amide bonds. The van der Waals surface area contributed by atoms with Crippen LogP contribution in [0, 0.1) is 0 Å². The molecule has 0 spiro atoms. The number of hydrogen-bond acceptors (Lipinski definition) is 4. The molecule has 1 aromatic heterocycles. The summed E-state index contributed by atoms with van der Waals surface area (Å²) in [6.45, 7) is 3.13. The lowest BCUT2D eigenvalue weighted by molar-refractivity contribution is -0.191. The number of hydrogen-bond donors (Lipinski definition) is 2. The smallest absolute Gasteiger partial charge is 0.330 e. The zero-order valence-electron chi connectivity index (χ0n) is 11.1. The number of halogens is 2. The van der Waals surface area contributed by atoms with Crippen LogP contribution >= 0.6 is 11.6 Å². The molecule has 2 N–H and O–H groups in total. The molecule has 1 fully saturated rings. The van der Waals surface area contributed by atoms with E-state index in [1.165, 1.54) is 6.92 Å². The van der Waals surface area contributed by atoms with Crippen LogP contribution in [0.1, 0.15) is 32.9 Å². The number of nitrogens with one attached hydrogen (secondary N) is 1. The fraction of sp³-hybridized carbons (Fsp3) is 0.667. The van der Waals surface area contributed by atoms with Gasteiger partial charge in [0.15, 0.2) is 6.23 Å². The summed E-state index contributed by atoms with van der Waals surface area (Å²) in [7, 11) is 0. The second kappa shape index (κ2) is 4.98. The molecule has 0 radical (unpaired) electrons. The predicted octanol–water partition coefficient (Wildman–Crippen LogP) is 0.890. The highest BCUT2D eigenvalue weighted by Gasteiger charge is 2.62. The molecule has 1 aromatic rings. The molecule has 0 aromatic carbocycles. The lowest BCUT2D eigenvalue weighted by Gasteiger charge is -2.26. The van der Waals surface area contributed by atoms with Crippen LogP contribution in [0.3, 0.4) is 0 Å². The minimum Gasteiger partial charge on any atom is -0.385 e. The predicted molar refractivity (Wildman–Crippen MR) is 70.5 cm³/mol. The van der Waals surface area contributed by atoms with Crippen LogP contribution in [0.4, 0.5) is 4.39 Å². The molecule has 2 heterocycles. The summed E-state index contributed by atoms with van der Waals surface area (Å²) in [4.78, 5) is 23.3. The molecule has 8 heteroatoms. The van der Waals surface area contributed by atoms with Crippen LogP contribution in [0.5, 0.6) is 0 Å². The van der Waals surface area contributed by atoms with Crippen LogP contribution in [0.15, 0.2) is 21.9 Å². The minimum atomic E-state index is -2.33. The normalized spacial score (nSPS) is 37.2. The number of ether oxygens (including phenoxy) is 1. The second-order valence-corrected chi connectivity index (χ2v) is 5.89. The number of alkyl halides is 2. The van der Waals surface area contributed by atoms with Gasteiger partial charge in [0, 0.05) is 18.7 Å².